The van der Waals surface area contributed by atoms with Crippen LogP contribution in [0.25, 0.3) is 22.0 Å². The summed E-state index contributed by atoms with van der Waals surface area (Å²) in [5.74, 6) is -0.141. The van der Waals surface area contributed by atoms with E-state index in [1.54, 1.807) is 54.1 Å². The average molecular weight is 458 g/mol. The Balaban J connectivity index is 1.97. The third kappa shape index (κ3) is 3.58. The lowest BCUT2D eigenvalue weighted by Crippen LogP contribution is -2.21. The highest BCUT2D eigenvalue weighted by Crippen LogP contribution is 2.33. The van der Waals surface area contributed by atoms with E-state index in [-0.39, 0.29) is 16.0 Å². The predicted octanol–water partition coefficient (Wildman–Crippen LogP) is 6.42. The van der Waals surface area contributed by atoms with Crippen molar-refractivity contribution in [2.75, 3.05) is 5.32 Å². The number of hydrogen-bond donors (Lipinski definition) is 1. The van der Waals surface area contributed by atoms with Crippen molar-refractivity contribution in [3.05, 3.63) is 97.6 Å². The maximum atomic E-state index is 13.4. The lowest BCUT2D eigenvalue weighted by atomic mass is 10.0. The monoisotopic (exact) mass is 456 g/mol. The molecule has 0 aliphatic heterocycles. The van der Waals surface area contributed by atoms with Crippen molar-refractivity contribution in [2.24, 2.45) is 7.05 Å². The first-order valence-corrected chi connectivity index (χ1v) is 10.1. The van der Waals surface area contributed by atoms with E-state index < -0.39 is 5.91 Å². The van der Waals surface area contributed by atoms with Crippen molar-refractivity contribution in [3.63, 3.8) is 0 Å². The van der Waals surface area contributed by atoms with Gasteiger partial charge in [-0.2, -0.15) is 0 Å². The van der Waals surface area contributed by atoms with Gasteiger partial charge < -0.3 is 9.88 Å². The number of pyridine rings is 1. The van der Waals surface area contributed by atoms with E-state index in [2.05, 4.69) is 5.32 Å². The second-order valence-electron chi connectivity index (χ2n) is 6.69. The van der Waals surface area contributed by atoms with Crippen LogP contribution in [0.1, 0.15) is 10.4 Å². The number of aryl methyl sites for hydroxylation is 1. The Morgan fingerprint density at radius 3 is 2.33 bits per heavy atom. The molecule has 1 amide bonds. The van der Waals surface area contributed by atoms with Gasteiger partial charge in [-0.15, -0.1) is 0 Å². The number of rotatable bonds is 3. The molecule has 30 heavy (non-hydrogen) atoms. The van der Waals surface area contributed by atoms with Crippen molar-refractivity contribution in [1.82, 2.24) is 4.57 Å². The van der Waals surface area contributed by atoms with Crippen LogP contribution in [-0.2, 0) is 7.05 Å². The molecular formula is C23H15Cl3N2O2. The van der Waals surface area contributed by atoms with Crippen molar-refractivity contribution in [3.8, 4) is 11.1 Å². The molecule has 3 aromatic carbocycles. The molecule has 0 aliphatic carbocycles. The second kappa shape index (κ2) is 8.15. The zero-order valence-corrected chi connectivity index (χ0v) is 18.0. The molecule has 1 heterocycles. The van der Waals surface area contributed by atoms with Gasteiger partial charge in [-0.1, -0.05) is 65.1 Å². The average Bonchev–Trinajstić information content (AvgIpc) is 2.73. The van der Waals surface area contributed by atoms with Crippen LogP contribution in [0.4, 0.5) is 5.82 Å². The van der Waals surface area contributed by atoms with E-state index in [9.17, 15) is 9.59 Å². The van der Waals surface area contributed by atoms with Crippen molar-refractivity contribution in [2.45, 2.75) is 0 Å². The largest absolute Gasteiger partial charge is 0.330 e. The molecule has 4 rings (SSSR count). The van der Waals surface area contributed by atoms with E-state index in [4.69, 9.17) is 34.8 Å². The van der Waals surface area contributed by atoms with Crippen LogP contribution in [0.15, 0.2) is 71.5 Å². The van der Waals surface area contributed by atoms with E-state index >= 15 is 0 Å². The minimum atomic E-state index is -0.463. The molecule has 4 aromatic rings. The van der Waals surface area contributed by atoms with Crippen LogP contribution in [0, 0.1) is 0 Å². The van der Waals surface area contributed by atoms with Gasteiger partial charge in [0.05, 0.1) is 21.7 Å². The van der Waals surface area contributed by atoms with Gasteiger partial charge in [0.25, 0.3) is 5.91 Å². The first kappa shape index (κ1) is 20.5. The van der Waals surface area contributed by atoms with Crippen LogP contribution in [0.5, 0.6) is 0 Å². The summed E-state index contributed by atoms with van der Waals surface area (Å²) in [6.07, 6.45) is 0. The molecule has 0 bridgehead atoms. The highest BCUT2D eigenvalue weighted by molar-refractivity contribution is 6.37. The standard InChI is InChI=1S/C23H15Cl3N2O2/c1-28-19-9-5-3-7-16(19)21(29)20(14-6-2-4-8-17(14)25)22(28)27-23(30)15-11-10-13(24)12-18(15)26/h2-12H,1H3,(H,27,30). The highest BCUT2D eigenvalue weighted by Gasteiger charge is 2.21. The number of nitrogens with zero attached hydrogens (tertiary/aromatic N) is 1. The molecule has 4 nitrogen and oxygen atoms in total. The third-order valence-electron chi connectivity index (χ3n) is 4.86. The molecule has 0 saturated heterocycles. The normalized spacial score (nSPS) is 10.9. The molecule has 0 unspecified atom stereocenters. The van der Waals surface area contributed by atoms with Gasteiger partial charge in [0.15, 0.2) is 5.43 Å². The smallest absolute Gasteiger partial charge is 0.258 e. The number of anilines is 1. The summed E-state index contributed by atoms with van der Waals surface area (Å²) >= 11 is 18.5. The first-order chi connectivity index (χ1) is 14.4. The molecular weight excluding hydrogens is 443 g/mol. The van der Waals surface area contributed by atoms with Gasteiger partial charge in [-0.3, -0.25) is 9.59 Å². The number of para-hydroxylation sites is 1. The molecule has 0 fully saturated rings. The Morgan fingerprint density at radius 2 is 1.60 bits per heavy atom. The number of aromatic nitrogens is 1. The fraction of sp³-hybridized carbons (Fsp3) is 0.0435. The van der Waals surface area contributed by atoms with Crippen LogP contribution in [0.2, 0.25) is 15.1 Å². The van der Waals surface area contributed by atoms with E-state index in [1.165, 1.54) is 12.1 Å². The fourth-order valence-corrected chi connectivity index (χ4v) is 4.12. The number of nitrogens with one attached hydrogen (secondary N) is 1. The van der Waals surface area contributed by atoms with E-state index in [1.807, 2.05) is 12.1 Å². The SMILES string of the molecule is Cn1c(NC(=O)c2ccc(Cl)cc2Cl)c(-c2ccccc2Cl)c(=O)c2ccccc21. The molecule has 7 heteroatoms. The lowest BCUT2D eigenvalue weighted by molar-refractivity contribution is 0.102. The summed E-state index contributed by atoms with van der Waals surface area (Å²) in [7, 11) is 1.78. The minimum absolute atomic E-state index is 0.213. The lowest BCUT2D eigenvalue weighted by Gasteiger charge is -2.19. The Bertz CT molecular complexity index is 1360. The fourth-order valence-electron chi connectivity index (χ4n) is 3.40. The van der Waals surface area contributed by atoms with Crippen molar-refractivity contribution in [1.29, 1.82) is 0 Å². The number of carbonyl (C=O) groups is 1. The van der Waals surface area contributed by atoms with Gasteiger partial charge in [0, 0.05) is 28.0 Å². The van der Waals surface area contributed by atoms with Gasteiger partial charge in [-0.25, -0.2) is 0 Å². The number of benzene rings is 3. The van der Waals surface area contributed by atoms with Crippen LogP contribution in [-0.4, -0.2) is 10.5 Å². The molecule has 1 N–H and O–H groups in total. The topological polar surface area (TPSA) is 51.1 Å². The van der Waals surface area contributed by atoms with Crippen LogP contribution < -0.4 is 10.7 Å². The summed E-state index contributed by atoms with van der Waals surface area (Å²) in [6.45, 7) is 0. The van der Waals surface area contributed by atoms with Crippen molar-refractivity contribution < 1.29 is 4.79 Å². The Hall–Kier alpha value is -2.79. The van der Waals surface area contributed by atoms with Crippen molar-refractivity contribution >= 4 is 57.4 Å². The Kier molecular flexibility index (Phi) is 5.56. The second-order valence-corrected chi connectivity index (χ2v) is 7.94. The summed E-state index contributed by atoms with van der Waals surface area (Å²) in [4.78, 5) is 26.4. The summed E-state index contributed by atoms with van der Waals surface area (Å²) < 4.78 is 1.76. The number of carbonyl (C=O) groups excluding carboxylic acids is 1. The van der Waals surface area contributed by atoms with Crippen LogP contribution >= 0.6 is 34.8 Å². The third-order valence-corrected chi connectivity index (χ3v) is 5.74. The van der Waals surface area contributed by atoms with Gasteiger partial charge >= 0.3 is 0 Å². The Labute approximate surface area is 187 Å². The molecule has 150 valence electrons. The molecule has 0 radical (unpaired) electrons. The molecule has 0 saturated carbocycles. The molecule has 0 aliphatic rings. The minimum Gasteiger partial charge on any atom is -0.330 e. The Morgan fingerprint density at radius 1 is 0.900 bits per heavy atom. The zero-order valence-electron chi connectivity index (χ0n) is 15.7. The van der Waals surface area contributed by atoms with Gasteiger partial charge in [-0.05, 0) is 36.4 Å². The quantitative estimate of drug-likeness (QED) is 0.386. The van der Waals surface area contributed by atoms with E-state index in [0.717, 1.165) is 0 Å². The maximum Gasteiger partial charge on any atom is 0.258 e. The molecule has 0 spiro atoms. The first-order valence-electron chi connectivity index (χ1n) is 9.01. The maximum absolute atomic E-state index is 13.4. The summed E-state index contributed by atoms with van der Waals surface area (Å²) in [5, 5.41) is 4.42. The zero-order chi connectivity index (χ0) is 21.4. The summed E-state index contributed by atoms with van der Waals surface area (Å²) in [5.41, 5.74) is 1.53. The number of hydrogen-bond acceptors (Lipinski definition) is 2. The molecule has 0 atom stereocenters. The highest BCUT2D eigenvalue weighted by atomic mass is 35.5. The van der Waals surface area contributed by atoms with Crippen LogP contribution in [0.3, 0.4) is 0 Å². The number of halogens is 3. The molecule has 1 aromatic heterocycles. The predicted molar refractivity (Wildman–Crippen MR) is 124 cm³/mol. The summed E-state index contributed by atoms with van der Waals surface area (Å²) in [6, 6.07) is 18.8. The van der Waals surface area contributed by atoms with E-state index in [0.29, 0.717) is 37.9 Å². The number of fused-ring (bicyclic) bond motifs is 1. The van der Waals surface area contributed by atoms with Gasteiger partial charge in [0.1, 0.15) is 5.82 Å². The number of amides is 1. The van der Waals surface area contributed by atoms with Gasteiger partial charge in [0.2, 0.25) is 0 Å².